The molecule has 0 N–H and O–H groups in total. The summed E-state index contributed by atoms with van der Waals surface area (Å²) in [7, 11) is 0. The number of carbonyl (C=O) groups excluding carboxylic acids is 1. The van der Waals surface area contributed by atoms with Crippen molar-refractivity contribution in [3.63, 3.8) is 0 Å². The maximum atomic E-state index is 12.5. The molecule has 0 atom stereocenters. The first-order valence-electron chi connectivity index (χ1n) is 4.72. The number of anilines is 1. The van der Waals surface area contributed by atoms with Gasteiger partial charge in [0.2, 0.25) is 0 Å². The van der Waals surface area contributed by atoms with Crippen LogP contribution in [-0.2, 0) is 11.0 Å². The zero-order chi connectivity index (χ0) is 13.5. The highest BCUT2D eigenvalue weighted by Crippen LogP contribution is 2.41. The van der Waals surface area contributed by atoms with E-state index in [9.17, 15) is 18.0 Å². The van der Waals surface area contributed by atoms with Crippen LogP contribution >= 0.6 is 23.2 Å². The lowest BCUT2D eigenvalue weighted by Crippen LogP contribution is -2.20. The van der Waals surface area contributed by atoms with Gasteiger partial charge in [0, 0.05) is 6.21 Å². The van der Waals surface area contributed by atoms with Crippen LogP contribution in [0.4, 0.5) is 18.9 Å². The molecule has 1 aromatic carbocycles. The van der Waals surface area contributed by atoms with Crippen LogP contribution in [0.15, 0.2) is 17.2 Å². The second-order valence-electron chi connectivity index (χ2n) is 3.49. The van der Waals surface area contributed by atoms with Crippen LogP contribution in [-0.4, -0.2) is 12.1 Å². The monoisotopic (exact) mass is 296 g/mol. The standard InChI is InChI=1S/C10H5Cl2F3N2O/c11-6-3-5(10(13,14)15)4-7(12)9(6)17-8(18)1-2-16-17/h2-4H,1H2. The van der Waals surface area contributed by atoms with E-state index in [0.717, 1.165) is 5.01 Å². The van der Waals surface area contributed by atoms with Crippen LogP contribution in [0.3, 0.4) is 0 Å². The fraction of sp³-hybridized carbons (Fsp3) is 0.200. The second kappa shape index (κ2) is 4.44. The van der Waals surface area contributed by atoms with Gasteiger partial charge >= 0.3 is 6.18 Å². The first kappa shape index (κ1) is 13.2. The molecule has 0 aromatic heterocycles. The van der Waals surface area contributed by atoms with Crippen LogP contribution < -0.4 is 5.01 Å². The number of halogens is 5. The second-order valence-corrected chi connectivity index (χ2v) is 4.31. The highest BCUT2D eigenvalue weighted by Gasteiger charge is 2.33. The summed E-state index contributed by atoms with van der Waals surface area (Å²) in [5, 5.41) is 4.05. The minimum Gasteiger partial charge on any atom is -0.272 e. The average Bonchev–Trinajstić information content (AvgIpc) is 2.62. The van der Waals surface area contributed by atoms with E-state index in [2.05, 4.69) is 5.10 Å². The number of rotatable bonds is 1. The summed E-state index contributed by atoms with van der Waals surface area (Å²) in [6, 6.07) is 1.42. The topological polar surface area (TPSA) is 32.7 Å². The van der Waals surface area contributed by atoms with Crippen LogP contribution in [0.2, 0.25) is 10.0 Å². The Hall–Kier alpha value is -1.27. The van der Waals surface area contributed by atoms with Gasteiger partial charge in [0.05, 0.1) is 22.0 Å². The van der Waals surface area contributed by atoms with Gasteiger partial charge in [-0.05, 0) is 12.1 Å². The molecule has 0 aliphatic carbocycles. The Balaban J connectivity index is 2.51. The number of carbonyl (C=O) groups is 1. The number of hydrazone groups is 1. The molecule has 0 saturated heterocycles. The van der Waals surface area contributed by atoms with Crippen LogP contribution in [0, 0.1) is 0 Å². The van der Waals surface area contributed by atoms with Crippen LogP contribution in [0.25, 0.3) is 0 Å². The number of benzene rings is 1. The third-order valence-corrected chi connectivity index (χ3v) is 2.83. The Bertz CT molecular complexity index is 519. The molecule has 3 nitrogen and oxygen atoms in total. The molecule has 0 saturated carbocycles. The van der Waals surface area contributed by atoms with Crippen LogP contribution in [0.5, 0.6) is 0 Å². The number of nitrogens with zero attached hydrogens (tertiary/aromatic N) is 2. The predicted octanol–water partition coefficient (Wildman–Crippen LogP) is 3.73. The van der Waals surface area contributed by atoms with Crippen molar-refractivity contribution in [1.82, 2.24) is 0 Å². The minimum atomic E-state index is -4.55. The predicted molar refractivity (Wildman–Crippen MR) is 62.1 cm³/mol. The average molecular weight is 297 g/mol. The first-order chi connectivity index (χ1) is 8.30. The van der Waals surface area contributed by atoms with Gasteiger partial charge in [0.1, 0.15) is 5.69 Å². The summed E-state index contributed by atoms with van der Waals surface area (Å²) >= 11 is 11.5. The SMILES string of the molecule is O=C1CC=NN1c1c(Cl)cc(C(F)(F)F)cc1Cl. The zero-order valence-corrected chi connectivity index (χ0v) is 10.1. The Morgan fingerprint density at radius 1 is 1.22 bits per heavy atom. The van der Waals surface area contributed by atoms with E-state index in [1.54, 1.807) is 0 Å². The maximum absolute atomic E-state index is 12.5. The van der Waals surface area contributed by atoms with E-state index in [0.29, 0.717) is 12.1 Å². The Morgan fingerprint density at radius 2 is 1.78 bits per heavy atom. The van der Waals surface area contributed by atoms with Gasteiger partial charge in [-0.15, -0.1) is 0 Å². The van der Waals surface area contributed by atoms with Crippen molar-refractivity contribution >= 4 is 41.0 Å². The van der Waals surface area contributed by atoms with E-state index >= 15 is 0 Å². The largest absolute Gasteiger partial charge is 0.416 e. The van der Waals surface area contributed by atoms with Crippen molar-refractivity contribution < 1.29 is 18.0 Å². The van der Waals surface area contributed by atoms with Gasteiger partial charge in [-0.1, -0.05) is 23.2 Å². The molecule has 1 aromatic rings. The van der Waals surface area contributed by atoms with Crippen molar-refractivity contribution in [3.05, 3.63) is 27.7 Å². The first-order valence-corrected chi connectivity index (χ1v) is 5.48. The molecule has 8 heteroatoms. The molecule has 2 rings (SSSR count). The molecule has 1 heterocycles. The van der Waals surface area contributed by atoms with Crippen molar-refractivity contribution in [2.45, 2.75) is 12.6 Å². The van der Waals surface area contributed by atoms with Gasteiger partial charge in [0.15, 0.2) is 0 Å². The Labute approximate surface area is 110 Å². The highest BCUT2D eigenvalue weighted by molar-refractivity contribution is 6.40. The van der Waals surface area contributed by atoms with E-state index < -0.39 is 17.6 Å². The molecule has 0 fully saturated rings. The van der Waals surface area contributed by atoms with E-state index in [1.165, 1.54) is 6.21 Å². The molecule has 0 unspecified atom stereocenters. The Morgan fingerprint density at radius 3 is 2.17 bits per heavy atom. The van der Waals surface area contributed by atoms with Crippen LogP contribution in [0.1, 0.15) is 12.0 Å². The lowest BCUT2D eigenvalue weighted by Gasteiger charge is -2.17. The molecule has 1 aliphatic rings. The summed E-state index contributed by atoms with van der Waals surface area (Å²) < 4.78 is 37.5. The number of alkyl halides is 3. The number of amides is 1. The fourth-order valence-corrected chi connectivity index (χ4v) is 2.11. The molecular weight excluding hydrogens is 292 g/mol. The smallest absolute Gasteiger partial charge is 0.272 e. The summed E-state index contributed by atoms with van der Waals surface area (Å²) in [6.07, 6.45) is -3.16. The van der Waals surface area contributed by atoms with E-state index in [1.807, 2.05) is 0 Å². The van der Waals surface area contributed by atoms with Crippen molar-refractivity contribution in [2.75, 3.05) is 5.01 Å². The molecule has 0 radical (unpaired) electrons. The van der Waals surface area contributed by atoms with Gasteiger partial charge in [0.25, 0.3) is 5.91 Å². The molecule has 1 aliphatic heterocycles. The minimum absolute atomic E-state index is 0.0370. The summed E-state index contributed by atoms with van der Waals surface area (Å²) in [5.74, 6) is -0.404. The lowest BCUT2D eigenvalue weighted by atomic mass is 10.2. The summed E-state index contributed by atoms with van der Waals surface area (Å²) in [5.41, 5.74) is -1.01. The fourth-order valence-electron chi connectivity index (χ4n) is 1.47. The third kappa shape index (κ3) is 2.30. The number of hydrogen-bond donors (Lipinski definition) is 0. The molecule has 96 valence electrons. The van der Waals surface area contributed by atoms with Crippen molar-refractivity contribution in [1.29, 1.82) is 0 Å². The summed E-state index contributed by atoms with van der Waals surface area (Å²) in [6.45, 7) is 0. The normalized spacial score (nSPS) is 15.6. The molecule has 0 spiro atoms. The molecule has 1 amide bonds. The third-order valence-electron chi connectivity index (χ3n) is 2.26. The number of hydrogen-bond acceptors (Lipinski definition) is 2. The quantitative estimate of drug-likeness (QED) is 0.777. The van der Waals surface area contributed by atoms with Gasteiger partial charge in [-0.2, -0.15) is 23.3 Å². The van der Waals surface area contributed by atoms with E-state index in [4.69, 9.17) is 23.2 Å². The molecular formula is C10H5Cl2F3N2O. The van der Waals surface area contributed by atoms with Crippen molar-refractivity contribution in [3.8, 4) is 0 Å². The van der Waals surface area contributed by atoms with E-state index in [-0.39, 0.29) is 22.2 Å². The zero-order valence-electron chi connectivity index (χ0n) is 8.63. The van der Waals surface area contributed by atoms with Gasteiger partial charge in [-0.3, -0.25) is 4.79 Å². The Kier molecular flexibility index (Phi) is 3.25. The summed E-state index contributed by atoms with van der Waals surface area (Å²) in [4.78, 5) is 11.4. The van der Waals surface area contributed by atoms with Crippen molar-refractivity contribution in [2.24, 2.45) is 5.10 Å². The molecule has 0 bridgehead atoms. The van der Waals surface area contributed by atoms with Gasteiger partial charge in [-0.25, -0.2) is 0 Å². The van der Waals surface area contributed by atoms with Gasteiger partial charge < -0.3 is 0 Å². The maximum Gasteiger partial charge on any atom is 0.416 e. The lowest BCUT2D eigenvalue weighted by molar-refractivity contribution is -0.137. The molecule has 18 heavy (non-hydrogen) atoms. The highest BCUT2D eigenvalue weighted by atomic mass is 35.5.